The van der Waals surface area contributed by atoms with Crippen LogP contribution in [-0.2, 0) is 9.59 Å². The van der Waals surface area contributed by atoms with E-state index in [2.05, 4.69) is 5.32 Å². The molecule has 0 radical (unpaired) electrons. The maximum atomic E-state index is 11.6. The molecule has 0 saturated heterocycles. The van der Waals surface area contributed by atoms with E-state index in [1.54, 1.807) is 0 Å². The number of hydrogen-bond acceptors (Lipinski definition) is 3. The summed E-state index contributed by atoms with van der Waals surface area (Å²) < 4.78 is 0. The Hall–Kier alpha value is -1.10. The lowest BCUT2D eigenvalue weighted by Crippen LogP contribution is -2.37. The van der Waals surface area contributed by atoms with Gasteiger partial charge in [0, 0.05) is 25.4 Å². The van der Waals surface area contributed by atoms with Gasteiger partial charge in [0.2, 0.25) is 11.8 Å². The molecule has 2 unspecified atom stereocenters. The van der Waals surface area contributed by atoms with E-state index in [1.165, 1.54) is 12.8 Å². The van der Waals surface area contributed by atoms with Gasteiger partial charge in [-0.15, -0.1) is 0 Å². The Morgan fingerprint density at radius 1 is 1.24 bits per heavy atom. The first-order valence-electron chi connectivity index (χ1n) is 6.40. The first-order chi connectivity index (χ1) is 8.09. The summed E-state index contributed by atoms with van der Waals surface area (Å²) >= 11 is 0. The molecule has 1 aliphatic rings. The summed E-state index contributed by atoms with van der Waals surface area (Å²) in [4.78, 5) is 22.1. The number of nitrogens with one attached hydrogen (secondary N) is 1. The van der Waals surface area contributed by atoms with Gasteiger partial charge in [-0.25, -0.2) is 0 Å². The fourth-order valence-corrected chi connectivity index (χ4v) is 2.29. The summed E-state index contributed by atoms with van der Waals surface area (Å²) in [6.07, 6.45) is 5.87. The van der Waals surface area contributed by atoms with E-state index in [1.807, 2.05) is 0 Å². The highest BCUT2D eigenvalue weighted by Gasteiger charge is 2.23. The van der Waals surface area contributed by atoms with Crippen LogP contribution in [0.1, 0.15) is 44.9 Å². The number of nitrogens with two attached hydrogens (primary N) is 2. The lowest BCUT2D eigenvalue weighted by atomic mass is 9.83. The van der Waals surface area contributed by atoms with Gasteiger partial charge < -0.3 is 16.8 Å². The molecule has 1 aliphatic carbocycles. The predicted molar refractivity (Wildman–Crippen MR) is 66.0 cm³/mol. The molecule has 0 spiro atoms. The maximum Gasteiger partial charge on any atom is 0.220 e. The van der Waals surface area contributed by atoms with Crippen LogP contribution in [0.5, 0.6) is 0 Å². The first-order valence-corrected chi connectivity index (χ1v) is 6.40. The van der Waals surface area contributed by atoms with Crippen LogP contribution in [0.4, 0.5) is 0 Å². The lowest BCUT2D eigenvalue weighted by Gasteiger charge is -2.27. The molecule has 0 aromatic carbocycles. The van der Waals surface area contributed by atoms with Crippen molar-refractivity contribution in [1.29, 1.82) is 0 Å². The third kappa shape index (κ3) is 5.68. The molecule has 0 aromatic heterocycles. The third-order valence-corrected chi connectivity index (χ3v) is 3.34. The second kappa shape index (κ2) is 7.27. The van der Waals surface area contributed by atoms with E-state index in [9.17, 15) is 9.59 Å². The Bertz CT molecular complexity index is 268. The molecule has 5 heteroatoms. The van der Waals surface area contributed by atoms with Gasteiger partial charge in [0.25, 0.3) is 0 Å². The van der Waals surface area contributed by atoms with Crippen molar-refractivity contribution in [3.8, 4) is 0 Å². The molecule has 0 aromatic rings. The Balaban J connectivity index is 2.13. The number of carbonyl (C=O) groups is 2. The van der Waals surface area contributed by atoms with E-state index in [0.717, 1.165) is 12.8 Å². The number of primary amides is 1. The minimum Gasteiger partial charge on any atom is -0.370 e. The van der Waals surface area contributed by atoms with Gasteiger partial charge in [0.1, 0.15) is 0 Å². The van der Waals surface area contributed by atoms with Crippen LogP contribution in [0, 0.1) is 5.92 Å². The molecular formula is C12H23N3O2. The molecule has 1 rings (SSSR count). The molecule has 98 valence electrons. The van der Waals surface area contributed by atoms with Crippen LogP contribution in [0.25, 0.3) is 0 Å². The highest BCUT2D eigenvalue weighted by atomic mass is 16.2. The number of carbonyl (C=O) groups excluding carboxylic acids is 2. The van der Waals surface area contributed by atoms with Crippen molar-refractivity contribution in [2.75, 3.05) is 6.54 Å². The average Bonchev–Trinajstić information content (AvgIpc) is 2.27. The van der Waals surface area contributed by atoms with E-state index in [4.69, 9.17) is 11.5 Å². The number of hydrogen-bond donors (Lipinski definition) is 3. The SMILES string of the molecule is NC(=O)CCCNC(=O)CC1CCCCC1N. The molecular weight excluding hydrogens is 218 g/mol. The number of amides is 2. The molecule has 2 amide bonds. The van der Waals surface area contributed by atoms with Gasteiger partial charge in [-0.1, -0.05) is 12.8 Å². The second-order valence-corrected chi connectivity index (χ2v) is 4.83. The van der Waals surface area contributed by atoms with E-state index in [-0.39, 0.29) is 17.9 Å². The summed E-state index contributed by atoms with van der Waals surface area (Å²) in [6.45, 7) is 0.518. The van der Waals surface area contributed by atoms with Crippen LogP contribution in [0.3, 0.4) is 0 Å². The standard InChI is InChI=1S/C12H23N3O2/c13-10-5-2-1-4-9(10)8-12(17)15-7-3-6-11(14)16/h9-10H,1-8,13H2,(H2,14,16)(H,15,17). The van der Waals surface area contributed by atoms with Gasteiger partial charge in [-0.05, 0) is 25.2 Å². The zero-order valence-electron chi connectivity index (χ0n) is 10.3. The van der Waals surface area contributed by atoms with Crippen molar-refractivity contribution in [1.82, 2.24) is 5.32 Å². The van der Waals surface area contributed by atoms with E-state index in [0.29, 0.717) is 31.7 Å². The van der Waals surface area contributed by atoms with Gasteiger partial charge in [0.15, 0.2) is 0 Å². The molecule has 1 saturated carbocycles. The lowest BCUT2D eigenvalue weighted by molar-refractivity contribution is -0.123. The monoisotopic (exact) mass is 241 g/mol. The Labute approximate surface area is 102 Å². The highest BCUT2D eigenvalue weighted by molar-refractivity contribution is 5.76. The van der Waals surface area contributed by atoms with Crippen molar-refractivity contribution >= 4 is 11.8 Å². The Morgan fingerprint density at radius 2 is 1.94 bits per heavy atom. The normalized spacial score (nSPS) is 24.3. The molecule has 17 heavy (non-hydrogen) atoms. The molecule has 5 N–H and O–H groups in total. The fourth-order valence-electron chi connectivity index (χ4n) is 2.29. The van der Waals surface area contributed by atoms with Crippen LogP contribution >= 0.6 is 0 Å². The van der Waals surface area contributed by atoms with Gasteiger partial charge >= 0.3 is 0 Å². The van der Waals surface area contributed by atoms with Crippen LogP contribution in [0.2, 0.25) is 0 Å². The summed E-state index contributed by atoms with van der Waals surface area (Å²) in [7, 11) is 0. The smallest absolute Gasteiger partial charge is 0.220 e. The summed E-state index contributed by atoms with van der Waals surface area (Å²) in [6, 6.07) is 0.167. The highest BCUT2D eigenvalue weighted by Crippen LogP contribution is 2.25. The largest absolute Gasteiger partial charge is 0.370 e. The van der Waals surface area contributed by atoms with Crippen molar-refractivity contribution in [2.24, 2.45) is 17.4 Å². The van der Waals surface area contributed by atoms with Gasteiger partial charge in [0.05, 0.1) is 0 Å². The second-order valence-electron chi connectivity index (χ2n) is 4.83. The predicted octanol–water partition coefficient (Wildman–Crippen LogP) is 0.276. The Morgan fingerprint density at radius 3 is 2.59 bits per heavy atom. The summed E-state index contributed by atoms with van der Waals surface area (Å²) in [5.74, 6) is 0.0327. The van der Waals surface area contributed by atoms with Crippen molar-refractivity contribution in [3.05, 3.63) is 0 Å². The molecule has 0 bridgehead atoms. The summed E-state index contributed by atoms with van der Waals surface area (Å²) in [5, 5.41) is 2.80. The van der Waals surface area contributed by atoms with E-state index < -0.39 is 0 Å². The maximum absolute atomic E-state index is 11.6. The van der Waals surface area contributed by atoms with Crippen molar-refractivity contribution in [3.63, 3.8) is 0 Å². The van der Waals surface area contributed by atoms with Gasteiger partial charge in [-0.2, -0.15) is 0 Å². The van der Waals surface area contributed by atoms with Crippen LogP contribution < -0.4 is 16.8 Å². The summed E-state index contributed by atoms with van der Waals surface area (Å²) in [5.41, 5.74) is 11.0. The van der Waals surface area contributed by atoms with E-state index >= 15 is 0 Å². The fraction of sp³-hybridized carbons (Fsp3) is 0.833. The average molecular weight is 241 g/mol. The Kier molecular flexibility index (Phi) is 5.97. The molecule has 1 fully saturated rings. The molecule has 5 nitrogen and oxygen atoms in total. The third-order valence-electron chi connectivity index (χ3n) is 3.34. The topological polar surface area (TPSA) is 98.2 Å². The minimum absolute atomic E-state index is 0.0387. The molecule has 0 aliphatic heterocycles. The first kappa shape index (κ1) is 14.0. The quantitative estimate of drug-likeness (QED) is 0.582. The zero-order chi connectivity index (χ0) is 12.7. The number of rotatable bonds is 6. The minimum atomic E-state index is -0.325. The molecule has 0 heterocycles. The van der Waals surface area contributed by atoms with Crippen LogP contribution in [0.15, 0.2) is 0 Å². The van der Waals surface area contributed by atoms with Crippen molar-refractivity contribution < 1.29 is 9.59 Å². The van der Waals surface area contributed by atoms with Crippen LogP contribution in [-0.4, -0.2) is 24.4 Å². The van der Waals surface area contributed by atoms with Gasteiger partial charge in [-0.3, -0.25) is 9.59 Å². The zero-order valence-corrected chi connectivity index (χ0v) is 10.3. The van der Waals surface area contributed by atoms with Crippen molar-refractivity contribution in [2.45, 2.75) is 51.0 Å². The molecule has 2 atom stereocenters.